The fraction of sp³-hybridized carbons (Fsp3) is 0.588. The molecule has 0 spiro atoms. The van der Waals surface area contributed by atoms with Crippen LogP contribution in [-0.4, -0.2) is 49.1 Å². The highest BCUT2D eigenvalue weighted by Gasteiger charge is 2.39. The number of nitrogens with zero attached hydrogens (tertiary/aromatic N) is 2. The molecule has 0 radical (unpaired) electrons. The maximum Gasteiger partial charge on any atom is 0.425 e. The molecule has 1 amide bonds. The lowest BCUT2D eigenvalue weighted by atomic mass is 10.1. The summed E-state index contributed by atoms with van der Waals surface area (Å²) in [7, 11) is -3.58. The van der Waals surface area contributed by atoms with Crippen LogP contribution in [0.15, 0.2) is 12.3 Å². The summed E-state index contributed by atoms with van der Waals surface area (Å²) in [5.41, 5.74) is -1.52. The lowest BCUT2D eigenvalue weighted by Crippen LogP contribution is -2.49. The number of carbonyl (C=O) groups is 1. The summed E-state index contributed by atoms with van der Waals surface area (Å²) in [6.07, 6.45) is -2.90. The SMILES string of the molecule is C[C@H](Oc1cc(C(=O)NC(C)(C#N)CS(C)(=O)=O)ncc1C1CC1)C(F)(F)F. The molecule has 11 heteroatoms. The van der Waals surface area contributed by atoms with Crippen LogP contribution in [0.4, 0.5) is 13.2 Å². The van der Waals surface area contributed by atoms with Crippen molar-refractivity contribution in [3.05, 3.63) is 23.5 Å². The highest BCUT2D eigenvalue weighted by molar-refractivity contribution is 7.90. The second-order valence-electron chi connectivity index (χ2n) is 7.15. The lowest BCUT2D eigenvalue weighted by molar-refractivity contribution is -0.189. The second kappa shape index (κ2) is 7.58. The summed E-state index contributed by atoms with van der Waals surface area (Å²) in [5, 5.41) is 11.5. The van der Waals surface area contributed by atoms with Crippen molar-refractivity contribution in [1.82, 2.24) is 10.3 Å². The van der Waals surface area contributed by atoms with Gasteiger partial charge < -0.3 is 10.1 Å². The molecule has 0 saturated heterocycles. The fourth-order valence-electron chi connectivity index (χ4n) is 2.57. The van der Waals surface area contributed by atoms with Crippen molar-refractivity contribution in [2.24, 2.45) is 0 Å². The van der Waals surface area contributed by atoms with E-state index >= 15 is 0 Å². The number of ether oxygens (including phenoxy) is 1. The van der Waals surface area contributed by atoms with Gasteiger partial charge in [-0.25, -0.2) is 8.42 Å². The molecule has 1 heterocycles. The number of amides is 1. The van der Waals surface area contributed by atoms with Gasteiger partial charge in [0, 0.05) is 24.1 Å². The molecule has 1 aromatic rings. The largest absolute Gasteiger partial charge is 0.481 e. The average molecular weight is 419 g/mol. The molecule has 154 valence electrons. The molecule has 1 aromatic heterocycles. The number of halogens is 3. The Balaban J connectivity index is 2.29. The molecule has 1 aliphatic carbocycles. The Morgan fingerprint density at radius 3 is 2.54 bits per heavy atom. The smallest absolute Gasteiger partial charge is 0.425 e. The Morgan fingerprint density at radius 2 is 2.07 bits per heavy atom. The van der Waals surface area contributed by atoms with E-state index in [1.807, 2.05) is 0 Å². The molecule has 1 N–H and O–H groups in total. The van der Waals surface area contributed by atoms with Crippen LogP contribution in [0.25, 0.3) is 0 Å². The molecular formula is C17H20F3N3O4S. The van der Waals surface area contributed by atoms with Gasteiger partial charge in [0.2, 0.25) is 0 Å². The van der Waals surface area contributed by atoms with E-state index in [4.69, 9.17) is 4.74 Å². The van der Waals surface area contributed by atoms with Crippen molar-refractivity contribution in [2.75, 3.05) is 12.0 Å². The van der Waals surface area contributed by atoms with Crippen molar-refractivity contribution in [1.29, 1.82) is 5.26 Å². The summed E-state index contributed by atoms with van der Waals surface area (Å²) in [6.45, 7) is 2.09. The number of pyridine rings is 1. The van der Waals surface area contributed by atoms with Crippen molar-refractivity contribution in [2.45, 2.75) is 50.4 Å². The van der Waals surface area contributed by atoms with E-state index in [0.717, 1.165) is 32.1 Å². The molecule has 0 aliphatic heterocycles. The normalized spacial score (nSPS) is 17.9. The molecule has 28 heavy (non-hydrogen) atoms. The Hall–Kier alpha value is -2.35. The quantitative estimate of drug-likeness (QED) is 0.727. The number of rotatable bonds is 7. The van der Waals surface area contributed by atoms with E-state index in [9.17, 15) is 31.6 Å². The minimum absolute atomic E-state index is 0.0228. The third-order valence-corrected chi connectivity index (χ3v) is 5.20. The van der Waals surface area contributed by atoms with Gasteiger partial charge in [-0.15, -0.1) is 0 Å². The second-order valence-corrected chi connectivity index (χ2v) is 9.29. The molecular weight excluding hydrogens is 399 g/mol. The summed E-state index contributed by atoms with van der Waals surface area (Å²) in [5.74, 6) is -1.60. The van der Waals surface area contributed by atoms with E-state index in [-0.39, 0.29) is 17.4 Å². The van der Waals surface area contributed by atoms with Gasteiger partial charge in [-0.3, -0.25) is 9.78 Å². The van der Waals surface area contributed by atoms with E-state index < -0.39 is 39.3 Å². The van der Waals surface area contributed by atoms with Crippen molar-refractivity contribution in [3.63, 3.8) is 0 Å². The van der Waals surface area contributed by atoms with E-state index in [1.165, 1.54) is 13.1 Å². The van der Waals surface area contributed by atoms with Crippen LogP contribution in [0.5, 0.6) is 5.75 Å². The third-order valence-electron chi connectivity index (χ3n) is 4.10. The van der Waals surface area contributed by atoms with Gasteiger partial charge >= 0.3 is 6.18 Å². The number of hydrogen-bond donors (Lipinski definition) is 1. The zero-order chi connectivity index (χ0) is 21.3. The molecule has 7 nitrogen and oxygen atoms in total. The van der Waals surface area contributed by atoms with Crippen LogP contribution >= 0.6 is 0 Å². The predicted octanol–water partition coefficient (Wildman–Crippen LogP) is 2.35. The zero-order valence-corrected chi connectivity index (χ0v) is 16.3. The minimum Gasteiger partial charge on any atom is -0.481 e. The number of aromatic nitrogens is 1. The first-order chi connectivity index (χ1) is 12.7. The number of nitriles is 1. The van der Waals surface area contributed by atoms with E-state index in [2.05, 4.69) is 10.3 Å². The Morgan fingerprint density at radius 1 is 1.46 bits per heavy atom. The summed E-state index contributed by atoms with van der Waals surface area (Å²) < 4.78 is 66.5. The highest BCUT2D eigenvalue weighted by Crippen LogP contribution is 2.44. The molecule has 0 aromatic carbocycles. The van der Waals surface area contributed by atoms with E-state index in [0.29, 0.717) is 5.56 Å². The van der Waals surface area contributed by atoms with Crippen LogP contribution in [0, 0.1) is 11.3 Å². The molecule has 2 atom stereocenters. The Bertz CT molecular complexity index is 907. The standard InChI is InChI=1S/C17H20F3N3O4S/c1-10(17(18,19)20)27-14-6-13(22-7-12(14)11-4-5-11)15(24)23-16(2,8-21)9-28(3,25)26/h6-7,10-11H,4-5,9H2,1-3H3,(H,23,24)/t10-,16?/m0/s1. The average Bonchev–Trinajstić information content (AvgIpc) is 3.36. The third kappa shape index (κ3) is 5.82. The number of nitrogens with one attached hydrogen (secondary N) is 1. The van der Waals surface area contributed by atoms with Gasteiger partial charge in [-0.05, 0) is 32.6 Å². The maximum absolute atomic E-state index is 12.9. The van der Waals surface area contributed by atoms with Gasteiger partial charge in [0.25, 0.3) is 5.91 Å². The molecule has 2 rings (SSSR count). The van der Waals surface area contributed by atoms with Crippen molar-refractivity contribution < 1.29 is 31.1 Å². The molecule has 1 saturated carbocycles. The zero-order valence-electron chi connectivity index (χ0n) is 15.5. The summed E-state index contributed by atoms with van der Waals surface area (Å²) >= 11 is 0. The van der Waals surface area contributed by atoms with Gasteiger partial charge in [0.15, 0.2) is 15.9 Å². The summed E-state index contributed by atoms with van der Waals surface area (Å²) in [6, 6.07) is 2.81. The number of hydrogen-bond acceptors (Lipinski definition) is 6. The van der Waals surface area contributed by atoms with Crippen LogP contribution in [0.3, 0.4) is 0 Å². The van der Waals surface area contributed by atoms with Gasteiger partial charge in [-0.1, -0.05) is 0 Å². The summed E-state index contributed by atoms with van der Waals surface area (Å²) in [4.78, 5) is 16.4. The van der Waals surface area contributed by atoms with Gasteiger partial charge in [-0.2, -0.15) is 18.4 Å². The molecule has 0 bridgehead atoms. The number of carbonyl (C=O) groups excluding carboxylic acids is 1. The van der Waals surface area contributed by atoms with Crippen molar-refractivity contribution in [3.8, 4) is 11.8 Å². The minimum atomic E-state index is -4.58. The maximum atomic E-state index is 12.9. The molecule has 1 aliphatic rings. The van der Waals surface area contributed by atoms with Gasteiger partial charge in [0.1, 0.15) is 17.0 Å². The van der Waals surface area contributed by atoms with Crippen LogP contribution in [-0.2, 0) is 9.84 Å². The van der Waals surface area contributed by atoms with E-state index in [1.54, 1.807) is 6.07 Å². The van der Waals surface area contributed by atoms with Crippen LogP contribution in [0.1, 0.15) is 48.7 Å². The Kier molecular flexibility index (Phi) is 5.94. The van der Waals surface area contributed by atoms with Gasteiger partial charge in [0.05, 0.1) is 11.8 Å². The molecule has 1 unspecified atom stereocenters. The lowest BCUT2D eigenvalue weighted by Gasteiger charge is -2.23. The fourth-order valence-corrected chi connectivity index (χ4v) is 3.75. The van der Waals surface area contributed by atoms with Crippen LogP contribution < -0.4 is 10.1 Å². The van der Waals surface area contributed by atoms with Crippen LogP contribution in [0.2, 0.25) is 0 Å². The predicted molar refractivity (Wildman–Crippen MR) is 93.6 cm³/mol. The monoisotopic (exact) mass is 419 g/mol. The first-order valence-corrected chi connectivity index (χ1v) is 10.4. The topological polar surface area (TPSA) is 109 Å². The van der Waals surface area contributed by atoms with Crippen molar-refractivity contribution >= 4 is 15.7 Å². The highest BCUT2D eigenvalue weighted by atomic mass is 32.2. The molecule has 1 fully saturated rings. The first kappa shape index (κ1) is 21.9. The number of sulfone groups is 1. The Labute approximate surface area is 160 Å². The first-order valence-electron chi connectivity index (χ1n) is 8.39. The number of alkyl halides is 3.